The highest BCUT2D eigenvalue weighted by Crippen LogP contribution is 2.23. The average molecular weight is 226 g/mol. The van der Waals surface area contributed by atoms with Crippen LogP contribution in [-0.2, 0) is 9.53 Å². The molecule has 16 heavy (non-hydrogen) atoms. The first-order valence-electron chi connectivity index (χ1n) is 6.30. The number of piperidine rings is 1. The summed E-state index contributed by atoms with van der Waals surface area (Å²) >= 11 is 0. The van der Waals surface area contributed by atoms with E-state index in [1.165, 1.54) is 12.8 Å². The lowest BCUT2D eigenvalue weighted by molar-refractivity contribution is -0.155. The Morgan fingerprint density at radius 1 is 1.38 bits per heavy atom. The minimum atomic E-state index is 0.139. The Hall–Kier alpha value is -0.610. The van der Waals surface area contributed by atoms with Crippen molar-refractivity contribution in [3.63, 3.8) is 0 Å². The van der Waals surface area contributed by atoms with Crippen molar-refractivity contribution in [3.8, 4) is 0 Å². The van der Waals surface area contributed by atoms with Crippen LogP contribution in [0.25, 0.3) is 0 Å². The summed E-state index contributed by atoms with van der Waals surface area (Å²) in [5.74, 6) is 0.760. The highest BCUT2D eigenvalue weighted by atomic mass is 16.5. The molecule has 2 aliphatic heterocycles. The molecule has 0 aromatic carbocycles. The molecular formula is C12H22N2O2. The molecule has 1 amide bonds. The van der Waals surface area contributed by atoms with Gasteiger partial charge in [0.1, 0.15) is 6.61 Å². The Balaban J connectivity index is 1.93. The first kappa shape index (κ1) is 11.9. The summed E-state index contributed by atoms with van der Waals surface area (Å²) in [5.41, 5.74) is 0. The summed E-state index contributed by atoms with van der Waals surface area (Å²) in [5, 5.41) is 3.36. The smallest absolute Gasteiger partial charge is 0.248 e. The molecule has 1 atom stereocenters. The van der Waals surface area contributed by atoms with Gasteiger partial charge in [-0.2, -0.15) is 0 Å². The Morgan fingerprint density at radius 2 is 2.06 bits per heavy atom. The van der Waals surface area contributed by atoms with E-state index >= 15 is 0 Å². The van der Waals surface area contributed by atoms with Gasteiger partial charge < -0.3 is 15.0 Å². The average Bonchev–Trinajstić information content (AvgIpc) is 2.30. The molecule has 2 rings (SSSR count). The van der Waals surface area contributed by atoms with Crippen LogP contribution < -0.4 is 5.32 Å². The van der Waals surface area contributed by atoms with Crippen molar-refractivity contribution < 1.29 is 9.53 Å². The normalized spacial score (nSPS) is 28.8. The molecule has 0 aromatic rings. The molecule has 1 unspecified atom stereocenters. The number of carbonyl (C=O) groups is 1. The topological polar surface area (TPSA) is 41.6 Å². The highest BCUT2D eigenvalue weighted by molar-refractivity contribution is 5.78. The van der Waals surface area contributed by atoms with Gasteiger partial charge in [-0.15, -0.1) is 0 Å². The minimum Gasteiger partial charge on any atom is -0.366 e. The van der Waals surface area contributed by atoms with E-state index < -0.39 is 0 Å². The quantitative estimate of drug-likeness (QED) is 0.750. The van der Waals surface area contributed by atoms with Crippen LogP contribution in [0.5, 0.6) is 0 Å². The monoisotopic (exact) mass is 226 g/mol. The maximum absolute atomic E-state index is 11.7. The standard InChI is InChI=1S/C12H22N2O2/c1-9(2)14-7-11(16-8-12(14)15)10-3-5-13-6-4-10/h9-11,13H,3-8H2,1-2H3. The van der Waals surface area contributed by atoms with Crippen LogP contribution in [0.1, 0.15) is 26.7 Å². The van der Waals surface area contributed by atoms with E-state index in [0.29, 0.717) is 12.0 Å². The first-order valence-corrected chi connectivity index (χ1v) is 6.30. The second-order valence-corrected chi connectivity index (χ2v) is 5.08. The van der Waals surface area contributed by atoms with Gasteiger partial charge in [0.25, 0.3) is 0 Å². The second-order valence-electron chi connectivity index (χ2n) is 5.08. The van der Waals surface area contributed by atoms with Crippen molar-refractivity contribution in [2.45, 2.75) is 38.8 Å². The van der Waals surface area contributed by atoms with Gasteiger partial charge in [0.05, 0.1) is 6.10 Å². The van der Waals surface area contributed by atoms with Crippen molar-refractivity contribution >= 4 is 5.91 Å². The Morgan fingerprint density at radius 3 is 2.69 bits per heavy atom. The zero-order valence-electron chi connectivity index (χ0n) is 10.2. The van der Waals surface area contributed by atoms with E-state index in [0.717, 1.165) is 19.6 Å². The summed E-state index contributed by atoms with van der Waals surface area (Å²) in [6.45, 7) is 7.36. The predicted molar refractivity (Wildman–Crippen MR) is 62.2 cm³/mol. The van der Waals surface area contributed by atoms with E-state index in [2.05, 4.69) is 19.2 Å². The number of ether oxygens (including phenoxy) is 1. The SMILES string of the molecule is CC(C)N1CC(C2CCNCC2)OCC1=O. The summed E-state index contributed by atoms with van der Waals surface area (Å²) < 4.78 is 5.69. The maximum atomic E-state index is 11.7. The van der Waals surface area contributed by atoms with Gasteiger partial charge in [-0.1, -0.05) is 0 Å². The Labute approximate surface area is 97.3 Å². The summed E-state index contributed by atoms with van der Waals surface area (Å²) in [6.07, 6.45) is 2.59. The van der Waals surface area contributed by atoms with Crippen molar-refractivity contribution in [2.75, 3.05) is 26.2 Å². The van der Waals surface area contributed by atoms with E-state index in [4.69, 9.17) is 4.74 Å². The third-order valence-electron chi connectivity index (χ3n) is 3.65. The molecule has 0 bridgehead atoms. The van der Waals surface area contributed by atoms with Gasteiger partial charge in [-0.3, -0.25) is 4.79 Å². The van der Waals surface area contributed by atoms with Gasteiger partial charge >= 0.3 is 0 Å². The van der Waals surface area contributed by atoms with Crippen molar-refractivity contribution in [1.82, 2.24) is 10.2 Å². The van der Waals surface area contributed by atoms with Gasteiger partial charge in [-0.05, 0) is 45.7 Å². The van der Waals surface area contributed by atoms with Crippen molar-refractivity contribution in [1.29, 1.82) is 0 Å². The molecule has 0 saturated carbocycles. The molecule has 0 aromatic heterocycles. The largest absolute Gasteiger partial charge is 0.366 e. The first-order chi connectivity index (χ1) is 7.68. The number of hydrogen-bond acceptors (Lipinski definition) is 3. The molecule has 2 aliphatic rings. The molecule has 92 valence electrons. The fourth-order valence-electron chi connectivity index (χ4n) is 2.61. The lowest BCUT2D eigenvalue weighted by Crippen LogP contribution is -2.53. The lowest BCUT2D eigenvalue weighted by atomic mass is 9.91. The molecule has 0 aliphatic carbocycles. The molecular weight excluding hydrogens is 204 g/mol. The lowest BCUT2D eigenvalue weighted by Gasteiger charge is -2.40. The maximum Gasteiger partial charge on any atom is 0.248 e. The molecule has 0 spiro atoms. The molecule has 0 radical (unpaired) electrons. The van der Waals surface area contributed by atoms with Crippen molar-refractivity contribution in [2.24, 2.45) is 5.92 Å². The number of nitrogens with one attached hydrogen (secondary N) is 1. The number of amides is 1. The van der Waals surface area contributed by atoms with Crippen molar-refractivity contribution in [3.05, 3.63) is 0 Å². The zero-order chi connectivity index (χ0) is 11.5. The van der Waals surface area contributed by atoms with Crippen LogP contribution in [0.15, 0.2) is 0 Å². The summed E-state index contributed by atoms with van der Waals surface area (Å²) in [4.78, 5) is 13.6. The molecule has 1 N–H and O–H groups in total. The van der Waals surface area contributed by atoms with Gasteiger partial charge in [-0.25, -0.2) is 0 Å². The van der Waals surface area contributed by atoms with Crippen LogP contribution in [0.3, 0.4) is 0 Å². The zero-order valence-corrected chi connectivity index (χ0v) is 10.2. The third-order valence-corrected chi connectivity index (χ3v) is 3.65. The number of nitrogens with zero attached hydrogens (tertiary/aromatic N) is 1. The predicted octanol–water partition coefficient (Wildman–Crippen LogP) is 0.622. The molecule has 2 heterocycles. The highest BCUT2D eigenvalue weighted by Gasteiger charge is 2.33. The number of carbonyl (C=O) groups excluding carboxylic acids is 1. The molecule has 4 nitrogen and oxygen atoms in total. The van der Waals surface area contributed by atoms with E-state index in [-0.39, 0.29) is 18.6 Å². The number of morpholine rings is 1. The molecule has 4 heteroatoms. The third kappa shape index (κ3) is 2.55. The van der Waals surface area contributed by atoms with Crippen LogP contribution in [-0.4, -0.2) is 49.2 Å². The van der Waals surface area contributed by atoms with Gasteiger partial charge in [0.2, 0.25) is 5.91 Å². The van der Waals surface area contributed by atoms with E-state index in [1.807, 2.05) is 4.90 Å². The van der Waals surface area contributed by atoms with Gasteiger partial charge in [0, 0.05) is 12.6 Å². The summed E-state index contributed by atoms with van der Waals surface area (Å²) in [6, 6.07) is 0.292. The number of hydrogen-bond donors (Lipinski definition) is 1. The van der Waals surface area contributed by atoms with Crippen LogP contribution in [0.2, 0.25) is 0 Å². The fraction of sp³-hybridized carbons (Fsp3) is 0.917. The second kappa shape index (κ2) is 5.15. The van der Waals surface area contributed by atoms with Crippen LogP contribution in [0.4, 0.5) is 0 Å². The number of rotatable bonds is 2. The van der Waals surface area contributed by atoms with Crippen LogP contribution in [0, 0.1) is 5.92 Å². The van der Waals surface area contributed by atoms with Crippen LogP contribution >= 0.6 is 0 Å². The Kier molecular flexibility index (Phi) is 3.82. The molecule has 2 saturated heterocycles. The van der Waals surface area contributed by atoms with Gasteiger partial charge in [0.15, 0.2) is 0 Å². The minimum absolute atomic E-state index is 0.139. The summed E-state index contributed by atoms with van der Waals surface area (Å²) in [7, 11) is 0. The van der Waals surface area contributed by atoms with E-state index in [1.54, 1.807) is 0 Å². The van der Waals surface area contributed by atoms with E-state index in [9.17, 15) is 4.79 Å². The molecule has 2 fully saturated rings. The fourth-order valence-corrected chi connectivity index (χ4v) is 2.61. The Bertz CT molecular complexity index is 249.